The lowest BCUT2D eigenvalue weighted by molar-refractivity contribution is -0.384. The maximum absolute atomic E-state index is 10.8. The molecule has 2 aliphatic rings. The van der Waals surface area contributed by atoms with E-state index in [0.29, 0.717) is 0 Å². The van der Waals surface area contributed by atoms with Gasteiger partial charge in [0.05, 0.1) is 17.6 Å². The van der Waals surface area contributed by atoms with Gasteiger partial charge in [-0.1, -0.05) is 0 Å². The third kappa shape index (κ3) is 4.95. The lowest BCUT2D eigenvalue weighted by atomic mass is 9.97. The first kappa shape index (κ1) is 23.7. The Kier molecular flexibility index (Phi) is 7.41. The molecule has 0 spiro atoms. The number of nitro benzene ring substituents is 1. The molecule has 1 aromatic rings. The van der Waals surface area contributed by atoms with Gasteiger partial charge < -0.3 is 49.6 Å². The Morgan fingerprint density at radius 3 is 2.16 bits per heavy atom. The Balaban J connectivity index is 1.73. The lowest BCUT2D eigenvalue weighted by Crippen LogP contribution is -2.64. The summed E-state index contributed by atoms with van der Waals surface area (Å²) in [5.74, 6) is 0.143. The number of aliphatic hydroxyl groups excluding tert-OH is 6. The molecular weight excluding hydrogens is 422 g/mol. The number of nitro groups is 1. The second-order valence-electron chi connectivity index (χ2n) is 7.36. The lowest BCUT2D eigenvalue weighted by Gasteiger charge is -2.45. The summed E-state index contributed by atoms with van der Waals surface area (Å²) in [6.45, 7) is 0.804. The number of aliphatic hydroxyl groups is 6. The largest absolute Gasteiger partial charge is 0.462 e. The van der Waals surface area contributed by atoms with Gasteiger partial charge in [0.1, 0.15) is 48.5 Å². The van der Waals surface area contributed by atoms with Crippen LogP contribution in [0.4, 0.5) is 5.69 Å². The maximum Gasteiger partial charge on any atom is 0.269 e. The standard InChI is InChI=1S/C18H25NO12/c1-7-11(21)16(31-17-14(24)13(23)12(22)10(6-20)30-17)15(25)18(28-7)29-9-4-2-8(3-5-9)19(26)27/h2-5,7,10-18,20-25H,6H2,1H3/t7-,10-,11+,12-,13+,14-,15-,16+,17+,18+/m1/s1. The van der Waals surface area contributed by atoms with Crippen molar-refractivity contribution in [3.8, 4) is 5.75 Å². The first-order valence-corrected chi connectivity index (χ1v) is 9.52. The highest BCUT2D eigenvalue weighted by atomic mass is 16.7. The van der Waals surface area contributed by atoms with Crippen molar-refractivity contribution in [1.29, 1.82) is 0 Å². The van der Waals surface area contributed by atoms with Crippen LogP contribution in [-0.4, -0.2) is 104 Å². The Labute approximate surface area is 176 Å². The first-order valence-electron chi connectivity index (χ1n) is 9.52. The third-order valence-corrected chi connectivity index (χ3v) is 5.22. The molecule has 0 radical (unpaired) electrons. The van der Waals surface area contributed by atoms with Crippen LogP contribution in [0.25, 0.3) is 0 Å². The van der Waals surface area contributed by atoms with Crippen LogP contribution < -0.4 is 4.74 Å². The van der Waals surface area contributed by atoms with Crippen molar-refractivity contribution >= 4 is 5.69 Å². The summed E-state index contributed by atoms with van der Waals surface area (Å²) < 4.78 is 21.7. The van der Waals surface area contributed by atoms with Gasteiger partial charge in [-0.2, -0.15) is 0 Å². The summed E-state index contributed by atoms with van der Waals surface area (Å²) in [5, 5.41) is 71.0. The molecule has 10 atom stereocenters. The highest BCUT2D eigenvalue weighted by molar-refractivity contribution is 5.36. The Bertz CT molecular complexity index is 746. The van der Waals surface area contributed by atoms with Crippen molar-refractivity contribution in [2.24, 2.45) is 0 Å². The monoisotopic (exact) mass is 447 g/mol. The summed E-state index contributed by atoms with van der Waals surface area (Å²) in [5.41, 5.74) is -0.162. The van der Waals surface area contributed by atoms with Crippen LogP contribution in [0.3, 0.4) is 0 Å². The minimum absolute atomic E-state index is 0.143. The third-order valence-electron chi connectivity index (χ3n) is 5.22. The smallest absolute Gasteiger partial charge is 0.269 e. The van der Waals surface area contributed by atoms with Crippen molar-refractivity contribution < 1.29 is 54.5 Å². The number of nitrogens with zero attached hydrogens (tertiary/aromatic N) is 1. The van der Waals surface area contributed by atoms with E-state index in [2.05, 4.69) is 0 Å². The molecule has 0 aromatic heterocycles. The molecule has 174 valence electrons. The predicted octanol–water partition coefficient (Wildman–Crippen LogP) is -2.37. The van der Waals surface area contributed by atoms with Crippen LogP contribution in [-0.2, 0) is 14.2 Å². The maximum atomic E-state index is 10.8. The number of hydrogen-bond acceptors (Lipinski definition) is 12. The molecule has 13 nitrogen and oxygen atoms in total. The van der Waals surface area contributed by atoms with E-state index < -0.39 is 72.9 Å². The van der Waals surface area contributed by atoms with Gasteiger partial charge in [-0.25, -0.2) is 0 Å². The van der Waals surface area contributed by atoms with E-state index >= 15 is 0 Å². The average molecular weight is 447 g/mol. The molecule has 0 amide bonds. The zero-order chi connectivity index (χ0) is 22.9. The Morgan fingerprint density at radius 2 is 1.58 bits per heavy atom. The average Bonchev–Trinajstić information content (AvgIpc) is 2.75. The molecule has 2 saturated heterocycles. The minimum Gasteiger partial charge on any atom is -0.462 e. The van der Waals surface area contributed by atoms with E-state index in [0.717, 1.165) is 0 Å². The summed E-state index contributed by atoms with van der Waals surface area (Å²) in [7, 11) is 0. The number of non-ortho nitro benzene ring substituents is 1. The number of rotatable bonds is 6. The van der Waals surface area contributed by atoms with Gasteiger partial charge in [0, 0.05) is 12.1 Å². The van der Waals surface area contributed by atoms with Crippen LogP contribution in [0.15, 0.2) is 24.3 Å². The highest BCUT2D eigenvalue weighted by Gasteiger charge is 2.50. The normalized spacial score (nSPS) is 41.0. The molecule has 13 heteroatoms. The van der Waals surface area contributed by atoms with Crippen molar-refractivity contribution in [3.05, 3.63) is 34.4 Å². The van der Waals surface area contributed by atoms with E-state index in [-0.39, 0.29) is 11.4 Å². The Morgan fingerprint density at radius 1 is 0.935 bits per heavy atom. The van der Waals surface area contributed by atoms with Gasteiger partial charge in [-0.3, -0.25) is 10.1 Å². The molecule has 0 bridgehead atoms. The van der Waals surface area contributed by atoms with Crippen LogP contribution in [0.1, 0.15) is 6.92 Å². The van der Waals surface area contributed by atoms with E-state index in [1.165, 1.54) is 31.2 Å². The number of hydrogen-bond donors (Lipinski definition) is 6. The molecule has 0 unspecified atom stereocenters. The van der Waals surface area contributed by atoms with Gasteiger partial charge in [0.15, 0.2) is 6.29 Å². The number of ether oxygens (including phenoxy) is 4. The van der Waals surface area contributed by atoms with E-state index in [1.54, 1.807) is 0 Å². The highest BCUT2D eigenvalue weighted by Crippen LogP contribution is 2.30. The fraction of sp³-hybridized carbons (Fsp3) is 0.667. The molecule has 0 saturated carbocycles. The zero-order valence-electron chi connectivity index (χ0n) is 16.4. The first-order chi connectivity index (χ1) is 14.6. The summed E-state index contributed by atoms with van der Waals surface area (Å²) in [4.78, 5) is 10.2. The summed E-state index contributed by atoms with van der Waals surface area (Å²) >= 11 is 0. The molecule has 6 N–H and O–H groups in total. The quantitative estimate of drug-likeness (QED) is 0.200. The van der Waals surface area contributed by atoms with Gasteiger partial charge in [0.2, 0.25) is 6.29 Å². The zero-order valence-corrected chi connectivity index (χ0v) is 16.4. The molecule has 3 rings (SSSR count). The fourth-order valence-electron chi connectivity index (χ4n) is 3.37. The van der Waals surface area contributed by atoms with Crippen molar-refractivity contribution in [3.63, 3.8) is 0 Å². The predicted molar refractivity (Wildman–Crippen MR) is 98.7 cm³/mol. The van der Waals surface area contributed by atoms with Crippen LogP contribution >= 0.6 is 0 Å². The van der Waals surface area contributed by atoms with Gasteiger partial charge in [-0.15, -0.1) is 0 Å². The second kappa shape index (κ2) is 9.68. The minimum atomic E-state index is -1.73. The molecular formula is C18H25NO12. The van der Waals surface area contributed by atoms with Gasteiger partial charge in [-0.05, 0) is 19.1 Å². The fourth-order valence-corrected chi connectivity index (χ4v) is 3.37. The molecule has 0 aliphatic carbocycles. The molecule has 31 heavy (non-hydrogen) atoms. The second-order valence-corrected chi connectivity index (χ2v) is 7.36. The molecule has 2 fully saturated rings. The topological polar surface area (TPSA) is 201 Å². The van der Waals surface area contributed by atoms with Crippen molar-refractivity contribution in [1.82, 2.24) is 0 Å². The summed E-state index contributed by atoms with van der Waals surface area (Å²) in [6.07, 6.45) is -14.5. The van der Waals surface area contributed by atoms with Crippen LogP contribution in [0.2, 0.25) is 0 Å². The van der Waals surface area contributed by atoms with Crippen LogP contribution in [0.5, 0.6) is 5.75 Å². The van der Waals surface area contributed by atoms with Gasteiger partial charge >= 0.3 is 0 Å². The van der Waals surface area contributed by atoms with Crippen LogP contribution in [0, 0.1) is 10.1 Å². The molecule has 2 heterocycles. The van der Waals surface area contributed by atoms with E-state index in [9.17, 15) is 40.8 Å². The number of benzene rings is 1. The Hall–Kier alpha value is -1.94. The molecule has 2 aliphatic heterocycles. The van der Waals surface area contributed by atoms with E-state index in [1.807, 2.05) is 0 Å². The SMILES string of the molecule is C[C@H]1O[C@@H](Oc2ccc([N+](=O)[O-])cc2)[C@H](O)[C@@H](O[C@@H]2O[C@H](CO)[C@@H](O)[C@H](O)[C@H]2O)[C@H]1O. The van der Waals surface area contributed by atoms with E-state index in [4.69, 9.17) is 18.9 Å². The molecule has 1 aromatic carbocycles. The van der Waals surface area contributed by atoms with Crippen molar-refractivity contribution in [2.45, 2.75) is 68.3 Å². The van der Waals surface area contributed by atoms with Gasteiger partial charge in [0.25, 0.3) is 5.69 Å². The van der Waals surface area contributed by atoms with Crippen molar-refractivity contribution in [2.75, 3.05) is 6.61 Å². The summed E-state index contributed by atoms with van der Waals surface area (Å²) in [6, 6.07) is 5.00.